The fourth-order valence-corrected chi connectivity index (χ4v) is 3.02. The van der Waals surface area contributed by atoms with Crippen LogP contribution < -0.4 is 0 Å². The monoisotopic (exact) mass is 296 g/mol. The molecule has 1 aromatic heterocycles. The lowest BCUT2D eigenvalue weighted by Crippen LogP contribution is -1.87. The molecule has 0 saturated carbocycles. The van der Waals surface area contributed by atoms with Crippen LogP contribution in [0.25, 0.3) is 10.6 Å². The molecule has 1 heterocycles. The van der Waals surface area contributed by atoms with E-state index >= 15 is 0 Å². The van der Waals surface area contributed by atoms with E-state index in [9.17, 15) is 10.1 Å². The topological polar surface area (TPSA) is 56.0 Å². The van der Waals surface area contributed by atoms with Gasteiger partial charge in [-0.1, -0.05) is 42.5 Å². The van der Waals surface area contributed by atoms with Crippen LogP contribution in [0.5, 0.6) is 0 Å². The summed E-state index contributed by atoms with van der Waals surface area (Å²) in [6.07, 6.45) is 2.67. The third kappa shape index (κ3) is 3.14. The van der Waals surface area contributed by atoms with E-state index in [1.54, 1.807) is 23.5 Å². The van der Waals surface area contributed by atoms with Crippen molar-refractivity contribution in [1.82, 2.24) is 4.98 Å². The molecular weight excluding hydrogens is 284 g/mol. The molecule has 0 amide bonds. The van der Waals surface area contributed by atoms with E-state index in [0.29, 0.717) is 0 Å². The summed E-state index contributed by atoms with van der Waals surface area (Å²) in [5.41, 5.74) is 2.10. The van der Waals surface area contributed by atoms with E-state index in [2.05, 4.69) is 17.1 Å². The number of hydrogen-bond acceptors (Lipinski definition) is 4. The Bertz CT molecular complexity index is 769. The van der Waals surface area contributed by atoms with E-state index in [-0.39, 0.29) is 10.6 Å². The maximum Gasteiger partial charge on any atom is 0.270 e. The van der Waals surface area contributed by atoms with E-state index < -0.39 is 0 Å². The smallest absolute Gasteiger partial charge is 0.258 e. The van der Waals surface area contributed by atoms with Gasteiger partial charge in [0, 0.05) is 35.2 Å². The first-order valence-electron chi connectivity index (χ1n) is 6.46. The van der Waals surface area contributed by atoms with E-state index in [1.807, 2.05) is 30.5 Å². The van der Waals surface area contributed by atoms with Gasteiger partial charge in [0.25, 0.3) is 5.69 Å². The van der Waals surface area contributed by atoms with Gasteiger partial charge in [0.2, 0.25) is 0 Å². The van der Waals surface area contributed by atoms with Crippen LogP contribution in [0.2, 0.25) is 0 Å². The molecule has 0 saturated heterocycles. The highest BCUT2D eigenvalue weighted by Gasteiger charge is 2.10. The van der Waals surface area contributed by atoms with Crippen LogP contribution in [0.1, 0.15) is 10.4 Å². The van der Waals surface area contributed by atoms with Gasteiger partial charge in [0.1, 0.15) is 5.01 Å². The summed E-state index contributed by atoms with van der Waals surface area (Å²) in [6, 6.07) is 16.7. The summed E-state index contributed by atoms with van der Waals surface area (Å²) >= 11 is 1.57. The minimum atomic E-state index is -0.387. The Balaban J connectivity index is 1.85. The number of nitrogens with zero attached hydrogens (tertiary/aromatic N) is 2. The molecule has 0 fully saturated rings. The Hall–Kier alpha value is -2.53. The molecule has 0 radical (unpaired) electrons. The first-order chi connectivity index (χ1) is 10.2. The van der Waals surface area contributed by atoms with Crippen molar-refractivity contribution in [3.8, 4) is 10.6 Å². The zero-order chi connectivity index (χ0) is 14.7. The zero-order valence-corrected chi connectivity index (χ0v) is 11.9. The number of thiazole rings is 1. The highest BCUT2D eigenvalue weighted by atomic mass is 32.1. The Kier molecular flexibility index (Phi) is 3.75. The van der Waals surface area contributed by atoms with E-state index in [0.717, 1.165) is 21.9 Å². The van der Waals surface area contributed by atoms with Gasteiger partial charge in [-0.3, -0.25) is 10.1 Å². The molecule has 3 rings (SSSR count). The highest BCUT2D eigenvalue weighted by Crippen LogP contribution is 2.28. The summed E-state index contributed by atoms with van der Waals surface area (Å²) in [5, 5.41) is 11.6. The van der Waals surface area contributed by atoms with Crippen LogP contribution in [0.3, 0.4) is 0 Å². The quantitative estimate of drug-likeness (QED) is 0.532. The lowest BCUT2D eigenvalue weighted by atomic mass is 10.1. The molecule has 0 bridgehead atoms. The van der Waals surface area contributed by atoms with Gasteiger partial charge in [0.15, 0.2) is 0 Å². The van der Waals surface area contributed by atoms with Gasteiger partial charge < -0.3 is 0 Å². The Morgan fingerprint density at radius 3 is 2.67 bits per heavy atom. The van der Waals surface area contributed by atoms with Crippen molar-refractivity contribution < 1.29 is 4.92 Å². The molecule has 0 atom stereocenters. The van der Waals surface area contributed by atoms with Gasteiger partial charge in [-0.05, 0) is 5.56 Å². The van der Waals surface area contributed by atoms with Gasteiger partial charge >= 0.3 is 0 Å². The van der Waals surface area contributed by atoms with Crippen molar-refractivity contribution in [2.24, 2.45) is 0 Å². The van der Waals surface area contributed by atoms with Crippen LogP contribution in [0.15, 0.2) is 60.8 Å². The summed E-state index contributed by atoms with van der Waals surface area (Å²) in [6.45, 7) is 0. The molecule has 5 heteroatoms. The summed E-state index contributed by atoms with van der Waals surface area (Å²) < 4.78 is 0. The summed E-state index contributed by atoms with van der Waals surface area (Å²) in [5.74, 6) is 0. The molecule has 104 valence electrons. The van der Waals surface area contributed by atoms with Crippen LogP contribution >= 0.6 is 11.3 Å². The first-order valence-corrected chi connectivity index (χ1v) is 7.27. The van der Waals surface area contributed by atoms with Gasteiger partial charge in [0.05, 0.1) is 4.92 Å². The Morgan fingerprint density at radius 2 is 1.90 bits per heavy atom. The number of nitro groups is 1. The summed E-state index contributed by atoms with van der Waals surface area (Å²) in [7, 11) is 0. The van der Waals surface area contributed by atoms with E-state index in [1.165, 1.54) is 11.6 Å². The predicted molar refractivity (Wildman–Crippen MR) is 83.5 cm³/mol. The summed E-state index contributed by atoms with van der Waals surface area (Å²) in [4.78, 5) is 16.0. The van der Waals surface area contributed by atoms with Crippen LogP contribution in [0.4, 0.5) is 5.69 Å². The number of rotatable bonds is 4. The molecule has 4 nitrogen and oxygen atoms in total. The van der Waals surface area contributed by atoms with Gasteiger partial charge in [-0.15, -0.1) is 11.3 Å². The average Bonchev–Trinajstić information content (AvgIpc) is 2.97. The first kappa shape index (κ1) is 13.5. The van der Waals surface area contributed by atoms with Gasteiger partial charge in [-0.25, -0.2) is 4.98 Å². The molecule has 2 aromatic carbocycles. The lowest BCUT2D eigenvalue weighted by molar-refractivity contribution is -0.384. The predicted octanol–water partition coefficient (Wildman–Crippen LogP) is 4.31. The third-order valence-electron chi connectivity index (χ3n) is 3.08. The molecule has 0 spiro atoms. The second-order valence-electron chi connectivity index (χ2n) is 4.60. The number of nitro benzene ring substituents is 1. The average molecular weight is 296 g/mol. The standard InChI is InChI=1S/C16H12N2O2S/c19-18(20)14-8-4-7-13(10-14)16-17-11-15(21-16)9-12-5-2-1-3-6-12/h1-8,10-11H,9H2. The lowest BCUT2D eigenvalue weighted by Gasteiger charge is -1.97. The Morgan fingerprint density at radius 1 is 1.10 bits per heavy atom. The van der Waals surface area contributed by atoms with Gasteiger partial charge in [-0.2, -0.15) is 0 Å². The maximum atomic E-state index is 10.8. The maximum absolute atomic E-state index is 10.8. The minimum absolute atomic E-state index is 0.0901. The second-order valence-corrected chi connectivity index (χ2v) is 5.72. The molecule has 0 unspecified atom stereocenters. The molecule has 21 heavy (non-hydrogen) atoms. The van der Waals surface area contributed by atoms with Crippen LogP contribution in [0, 0.1) is 10.1 Å². The molecule has 0 N–H and O–H groups in total. The van der Waals surface area contributed by atoms with Crippen molar-refractivity contribution in [2.45, 2.75) is 6.42 Å². The number of hydrogen-bond donors (Lipinski definition) is 0. The SMILES string of the molecule is O=[N+]([O-])c1cccc(-c2ncc(Cc3ccccc3)s2)c1. The molecule has 0 aliphatic heterocycles. The highest BCUT2D eigenvalue weighted by molar-refractivity contribution is 7.15. The van der Waals surface area contributed by atoms with Crippen molar-refractivity contribution in [1.29, 1.82) is 0 Å². The van der Waals surface area contributed by atoms with Crippen molar-refractivity contribution in [3.63, 3.8) is 0 Å². The number of non-ortho nitro benzene ring substituents is 1. The zero-order valence-electron chi connectivity index (χ0n) is 11.1. The minimum Gasteiger partial charge on any atom is -0.258 e. The third-order valence-corrected chi connectivity index (χ3v) is 4.13. The van der Waals surface area contributed by atoms with E-state index in [4.69, 9.17) is 0 Å². The normalized spacial score (nSPS) is 10.5. The van der Waals surface area contributed by atoms with Crippen molar-refractivity contribution in [2.75, 3.05) is 0 Å². The van der Waals surface area contributed by atoms with Crippen molar-refractivity contribution >= 4 is 17.0 Å². The molecular formula is C16H12N2O2S. The molecule has 0 aliphatic carbocycles. The van der Waals surface area contributed by atoms with Crippen LogP contribution in [-0.4, -0.2) is 9.91 Å². The molecule has 3 aromatic rings. The number of benzene rings is 2. The number of aromatic nitrogens is 1. The largest absolute Gasteiger partial charge is 0.270 e. The molecule has 0 aliphatic rings. The fourth-order valence-electron chi connectivity index (χ4n) is 2.07. The van der Waals surface area contributed by atoms with Crippen molar-refractivity contribution in [3.05, 3.63) is 81.3 Å². The Labute approximate surface area is 125 Å². The fraction of sp³-hybridized carbons (Fsp3) is 0.0625. The second kappa shape index (κ2) is 5.85. The van der Waals surface area contributed by atoms with Crippen LogP contribution in [-0.2, 0) is 6.42 Å².